The van der Waals surface area contributed by atoms with Crippen LogP contribution in [0.25, 0.3) is 22.6 Å². The third kappa shape index (κ3) is 3.03. The molecule has 0 bridgehead atoms. The third-order valence-corrected chi connectivity index (χ3v) is 3.91. The highest BCUT2D eigenvalue weighted by atomic mass is 14.8. The zero-order valence-corrected chi connectivity index (χ0v) is 12.9. The molecule has 1 unspecified atom stereocenters. The Morgan fingerprint density at radius 1 is 0.955 bits per heavy atom. The second-order valence-electron chi connectivity index (χ2n) is 5.44. The molecule has 0 aliphatic carbocycles. The summed E-state index contributed by atoms with van der Waals surface area (Å²) in [7, 11) is 0. The first-order chi connectivity index (χ1) is 10.8. The van der Waals surface area contributed by atoms with E-state index in [-0.39, 0.29) is 0 Å². The summed E-state index contributed by atoms with van der Waals surface area (Å²) in [6, 6.07) is 14.2. The van der Waals surface area contributed by atoms with Crippen LogP contribution in [-0.4, -0.2) is 15.0 Å². The molecular weight excluding hydrogens is 270 g/mol. The molecule has 3 aromatic heterocycles. The van der Waals surface area contributed by atoms with Crippen LogP contribution in [0.15, 0.2) is 61.1 Å². The Kier molecular flexibility index (Phi) is 4.24. The summed E-state index contributed by atoms with van der Waals surface area (Å²) in [5.41, 5.74) is 5.09. The molecule has 0 fully saturated rings. The third-order valence-electron chi connectivity index (χ3n) is 3.91. The summed E-state index contributed by atoms with van der Waals surface area (Å²) in [4.78, 5) is 13.4. The maximum absolute atomic E-state index is 4.79. The molecule has 0 aromatic carbocycles. The molecular formula is C19H19N3. The standard InChI is InChI=1S/C19H19N3/c1-3-14(2)16-11-18(15-7-6-9-20-13-15)22-19(12-16)17-8-4-5-10-21-17/h4-14H,3H2,1-2H3. The van der Waals surface area contributed by atoms with Crippen molar-refractivity contribution in [1.29, 1.82) is 0 Å². The molecule has 0 N–H and O–H groups in total. The van der Waals surface area contributed by atoms with Gasteiger partial charge in [0.05, 0.1) is 17.1 Å². The van der Waals surface area contributed by atoms with Gasteiger partial charge in [-0.05, 0) is 54.3 Å². The van der Waals surface area contributed by atoms with E-state index in [1.807, 2.05) is 36.5 Å². The average Bonchev–Trinajstić information content (AvgIpc) is 2.62. The van der Waals surface area contributed by atoms with Crippen molar-refractivity contribution in [2.75, 3.05) is 0 Å². The topological polar surface area (TPSA) is 38.7 Å². The Balaban J connectivity index is 2.14. The van der Waals surface area contributed by atoms with Crippen molar-refractivity contribution < 1.29 is 0 Å². The van der Waals surface area contributed by atoms with E-state index in [0.717, 1.165) is 29.1 Å². The summed E-state index contributed by atoms with van der Waals surface area (Å²) < 4.78 is 0. The second kappa shape index (κ2) is 6.48. The fraction of sp³-hybridized carbons (Fsp3) is 0.211. The minimum Gasteiger partial charge on any atom is -0.264 e. The summed E-state index contributed by atoms with van der Waals surface area (Å²) in [5.74, 6) is 0.487. The summed E-state index contributed by atoms with van der Waals surface area (Å²) in [6.07, 6.45) is 6.53. The first-order valence-corrected chi connectivity index (χ1v) is 7.61. The Labute approximate surface area is 131 Å². The normalized spacial score (nSPS) is 12.1. The molecule has 22 heavy (non-hydrogen) atoms. The van der Waals surface area contributed by atoms with E-state index in [2.05, 4.69) is 35.9 Å². The van der Waals surface area contributed by atoms with Gasteiger partial charge in [0.2, 0.25) is 0 Å². The van der Waals surface area contributed by atoms with Crippen LogP contribution in [0, 0.1) is 0 Å². The van der Waals surface area contributed by atoms with Crippen LogP contribution in [0.2, 0.25) is 0 Å². The van der Waals surface area contributed by atoms with Crippen LogP contribution in [-0.2, 0) is 0 Å². The molecule has 3 nitrogen and oxygen atoms in total. The van der Waals surface area contributed by atoms with E-state index in [0.29, 0.717) is 5.92 Å². The largest absolute Gasteiger partial charge is 0.264 e. The van der Waals surface area contributed by atoms with E-state index in [4.69, 9.17) is 4.98 Å². The van der Waals surface area contributed by atoms with Crippen molar-refractivity contribution >= 4 is 0 Å². The average molecular weight is 289 g/mol. The molecule has 110 valence electrons. The van der Waals surface area contributed by atoms with E-state index >= 15 is 0 Å². The van der Waals surface area contributed by atoms with Crippen LogP contribution in [0.3, 0.4) is 0 Å². The molecule has 0 spiro atoms. The van der Waals surface area contributed by atoms with Crippen molar-refractivity contribution in [2.24, 2.45) is 0 Å². The Bertz CT molecular complexity index is 681. The van der Waals surface area contributed by atoms with Crippen LogP contribution in [0.1, 0.15) is 31.7 Å². The van der Waals surface area contributed by atoms with Gasteiger partial charge in [0.15, 0.2) is 0 Å². The number of hydrogen-bond acceptors (Lipinski definition) is 3. The number of pyridine rings is 3. The predicted molar refractivity (Wildman–Crippen MR) is 89.4 cm³/mol. The minimum absolute atomic E-state index is 0.487. The fourth-order valence-corrected chi connectivity index (χ4v) is 2.38. The van der Waals surface area contributed by atoms with Gasteiger partial charge < -0.3 is 0 Å². The number of nitrogens with zero attached hydrogens (tertiary/aromatic N) is 3. The molecule has 0 radical (unpaired) electrons. The fourth-order valence-electron chi connectivity index (χ4n) is 2.38. The van der Waals surface area contributed by atoms with Crippen molar-refractivity contribution in [3.05, 3.63) is 66.6 Å². The lowest BCUT2D eigenvalue weighted by Crippen LogP contribution is -1.97. The first-order valence-electron chi connectivity index (χ1n) is 7.61. The summed E-state index contributed by atoms with van der Waals surface area (Å²) in [5, 5.41) is 0. The molecule has 1 atom stereocenters. The zero-order valence-electron chi connectivity index (χ0n) is 12.9. The van der Waals surface area contributed by atoms with Crippen molar-refractivity contribution in [2.45, 2.75) is 26.2 Å². The lowest BCUT2D eigenvalue weighted by atomic mass is 9.96. The Hall–Kier alpha value is -2.55. The number of rotatable bonds is 4. The van der Waals surface area contributed by atoms with Gasteiger partial charge in [0.25, 0.3) is 0 Å². The SMILES string of the molecule is CCC(C)c1cc(-c2cccnc2)nc(-c2ccccn2)c1. The van der Waals surface area contributed by atoms with Gasteiger partial charge in [-0.15, -0.1) is 0 Å². The van der Waals surface area contributed by atoms with Crippen molar-refractivity contribution in [3.63, 3.8) is 0 Å². The smallest absolute Gasteiger partial charge is 0.0896 e. The van der Waals surface area contributed by atoms with Crippen molar-refractivity contribution in [3.8, 4) is 22.6 Å². The quantitative estimate of drug-likeness (QED) is 0.697. The monoisotopic (exact) mass is 289 g/mol. The number of aromatic nitrogens is 3. The molecule has 3 heteroatoms. The van der Waals surface area contributed by atoms with Gasteiger partial charge in [-0.25, -0.2) is 4.98 Å². The van der Waals surface area contributed by atoms with Gasteiger partial charge in [-0.1, -0.05) is 19.9 Å². The van der Waals surface area contributed by atoms with Gasteiger partial charge in [0, 0.05) is 24.2 Å². The van der Waals surface area contributed by atoms with E-state index < -0.39 is 0 Å². The minimum atomic E-state index is 0.487. The van der Waals surface area contributed by atoms with E-state index in [1.165, 1.54) is 5.56 Å². The maximum Gasteiger partial charge on any atom is 0.0896 e. The molecule has 3 rings (SSSR count). The van der Waals surface area contributed by atoms with Crippen LogP contribution >= 0.6 is 0 Å². The van der Waals surface area contributed by atoms with E-state index in [9.17, 15) is 0 Å². The molecule has 3 aromatic rings. The number of hydrogen-bond donors (Lipinski definition) is 0. The molecule has 0 saturated heterocycles. The van der Waals surface area contributed by atoms with Gasteiger partial charge in [0.1, 0.15) is 0 Å². The Morgan fingerprint density at radius 2 is 1.82 bits per heavy atom. The highest BCUT2D eigenvalue weighted by Crippen LogP contribution is 2.28. The lowest BCUT2D eigenvalue weighted by molar-refractivity contribution is 0.733. The predicted octanol–water partition coefficient (Wildman–Crippen LogP) is 4.72. The van der Waals surface area contributed by atoms with E-state index in [1.54, 1.807) is 12.4 Å². The first kappa shape index (κ1) is 14.4. The summed E-state index contributed by atoms with van der Waals surface area (Å²) in [6.45, 7) is 4.44. The van der Waals surface area contributed by atoms with Gasteiger partial charge in [-0.2, -0.15) is 0 Å². The maximum atomic E-state index is 4.79. The molecule has 0 saturated carbocycles. The second-order valence-corrected chi connectivity index (χ2v) is 5.44. The zero-order chi connectivity index (χ0) is 15.4. The van der Waals surface area contributed by atoms with Gasteiger partial charge >= 0.3 is 0 Å². The van der Waals surface area contributed by atoms with Crippen molar-refractivity contribution in [1.82, 2.24) is 15.0 Å². The molecule has 0 aliphatic heterocycles. The Morgan fingerprint density at radius 3 is 2.50 bits per heavy atom. The summed E-state index contributed by atoms with van der Waals surface area (Å²) >= 11 is 0. The van der Waals surface area contributed by atoms with Crippen LogP contribution in [0.5, 0.6) is 0 Å². The molecule has 0 aliphatic rings. The van der Waals surface area contributed by atoms with Crippen LogP contribution < -0.4 is 0 Å². The molecule has 0 amide bonds. The van der Waals surface area contributed by atoms with Crippen LogP contribution in [0.4, 0.5) is 0 Å². The lowest BCUT2D eigenvalue weighted by Gasteiger charge is -2.13. The highest BCUT2D eigenvalue weighted by molar-refractivity contribution is 5.65. The highest BCUT2D eigenvalue weighted by Gasteiger charge is 2.11. The van der Waals surface area contributed by atoms with Gasteiger partial charge in [-0.3, -0.25) is 9.97 Å². The molecule has 3 heterocycles.